The molecule has 32 heavy (non-hydrogen) atoms. The van der Waals surface area contributed by atoms with Gasteiger partial charge in [0.1, 0.15) is 0 Å². The molecule has 1 atom stereocenters. The van der Waals surface area contributed by atoms with Gasteiger partial charge >= 0.3 is 0 Å². The molecular weight excluding hydrogens is 432 g/mol. The average molecular weight is 459 g/mol. The molecule has 0 bridgehead atoms. The van der Waals surface area contributed by atoms with Crippen molar-refractivity contribution >= 4 is 23.0 Å². The van der Waals surface area contributed by atoms with Crippen LogP contribution in [0, 0.1) is 0 Å². The van der Waals surface area contributed by atoms with Crippen molar-refractivity contribution in [1.82, 2.24) is 9.80 Å². The first-order chi connectivity index (χ1) is 15.5. The van der Waals surface area contributed by atoms with Crippen molar-refractivity contribution in [1.29, 1.82) is 0 Å². The molecule has 0 saturated carbocycles. The topological polar surface area (TPSA) is 88.5 Å². The highest BCUT2D eigenvalue weighted by Crippen LogP contribution is 2.41. The third-order valence-electron chi connectivity index (χ3n) is 5.78. The van der Waals surface area contributed by atoms with E-state index in [4.69, 9.17) is 14.2 Å². The van der Waals surface area contributed by atoms with Crippen LogP contribution in [-0.2, 0) is 9.53 Å². The summed E-state index contributed by atoms with van der Waals surface area (Å²) < 4.78 is 16.2. The number of methoxy groups -OCH3 is 2. The molecule has 2 aliphatic rings. The number of nitrogens with zero attached hydrogens (tertiary/aromatic N) is 2. The Morgan fingerprint density at radius 1 is 1.16 bits per heavy atom. The maximum Gasteiger partial charge on any atom is 0.290 e. The predicted octanol–water partition coefficient (Wildman–Crippen LogP) is 2.68. The highest BCUT2D eigenvalue weighted by atomic mass is 32.1. The van der Waals surface area contributed by atoms with Crippen LogP contribution in [0.5, 0.6) is 11.5 Å². The molecule has 0 aliphatic carbocycles. The maximum atomic E-state index is 13.3. The molecule has 3 heterocycles. The summed E-state index contributed by atoms with van der Waals surface area (Å²) in [6.07, 6.45) is 0. The molecule has 1 amide bonds. The zero-order valence-electron chi connectivity index (χ0n) is 18.1. The number of ether oxygens (including phenoxy) is 3. The van der Waals surface area contributed by atoms with Crippen molar-refractivity contribution in [3.8, 4) is 11.5 Å². The van der Waals surface area contributed by atoms with E-state index in [2.05, 4.69) is 4.90 Å². The van der Waals surface area contributed by atoms with Crippen LogP contribution in [0.3, 0.4) is 0 Å². The Morgan fingerprint density at radius 3 is 2.56 bits per heavy atom. The largest absolute Gasteiger partial charge is 0.503 e. The van der Waals surface area contributed by atoms with Crippen LogP contribution in [0.15, 0.2) is 47.0 Å². The molecule has 1 fully saturated rings. The molecule has 0 radical (unpaired) electrons. The van der Waals surface area contributed by atoms with Crippen LogP contribution < -0.4 is 9.47 Å². The van der Waals surface area contributed by atoms with E-state index in [1.807, 2.05) is 0 Å². The van der Waals surface area contributed by atoms with Gasteiger partial charge in [0, 0.05) is 26.2 Å². The maximum absolute atomic E-state index is 13.3. The highest BCUT2D eigenvalue weighted by molar-refractivity contribution is 7.12. The van der Waals surface area contributed by atoms with E-state index in [9.17, 15) is 14.7 Å². The van der Waals surface area contributed by atoms with Crippen molar-refractivity contribution in [2.24, 2.45) is 0 Å². The molecule has 4 rings (SSSR count). The lowest BCUT2D eigenvalue weighted by Crippen LogP contribution is -2.43. The van der Waals surface area contributed by atoms with Gasteiger partial charge in [-0.1, -0.05) is 12.1 Å². The smallest absolute Gasteiger partial charge is 0.290 e. The monoisotopic (exact) mass is 458 g/mol. The second-order valence-corrected chi connectivity index (χ2v) is 8.49. The fraction of sp³-hybridized carbons (Fsp3) is 0.391. The van der Waals surface area contributed by atoms with Gasteiger partial charge in [-0.3, -0.25) is 14.5 Å². The number of morpholine rings is 1. The van der Waals surface area contributed by atoms with Crippen LogP contribution in [0.25, 0.3) is 0 Å². The Balaban J connectivity index is 1.71. The number of rotatable bonds is 8. The highest BCUT2D eigenvalue weighted by Gasteiger charge is 2.44. The summed E-state index contributed by atoms with van der Waals surface area (Å²) in [6.45, 7) is 3.85. The van der Waals surface area contributed by atoms with Crippen LogP contribution >= 0.6 is 11.3 Å². The number of amides is 1. The van der Waals surface area contributed by atoms with Crippen LogP contribution in [0.2, 0.25) is 0 Å². The number of benzene rings is 1. The van der Waals surface area contributed by atoms with Gasteiger partial charge in [-0.05, 0) is 29.1 Å². The number of aliphatic hydroxyl groups is 1. The molecule has 2 aliphatic heterocycles. The van der Waals surface area contributed by atoms with Gasteiger partial charge < -0.3 is 24.2 Å². The first-order valence-electron chi connectivity index (χ1n) is 10.4. The van der Waals surface area contributed by atoms with Gasteiger partial charge in [-0.25, -0.2) is 0 Å². The molecule has 1 saturated heterocycles. The second-order valence-electron chi connectivity index (χ2n) is 7.54. The standard InChI is InChI=1S/C23H26N2O6S/c1-29-16-6-5-15(14-17(16)30-2)20-19(21(26)18-4-3-13-32-18)22(27)23(28)25(20)8-7-24-9-11-31-12-10-24/h3-6,13-14,20,27H,7-12H2,1-2H3/t20-/m1/s1. The summed E-state index contributed by atoms with van der Waals surface area (Å²) in [5.41, 5.74) is 0.758. The Kier molecular flexibility index (Phi) is 6.78. The lowest BCUT2D eigenvalue weighted by atomic mass is 9.95. The third kappa shape index (κ3) is 4.23. The SMILES string of the molecule is COc1ccc([C@@H]2C(C(=O)c3cccs3)=C(O)C(=O)N2CCN2CCOCC2)cc1OC. The molecule has 9 heteroatoms. The van der Waals surface area contributed by atoms with E-state index in [-0.39, 0.29) is 11.4 Å². The van der Waals surface area contributed by atoms with Crippen LogP contribution in [0.4, 0.5) is 0 Å². The number of aliphatic hydroxyl groups excluding tert-OH is 1. The van der Waals surface area contributed by atoms with Crippen molar-refractivity contribution in [3.63, 3.8) is 0 Å². The second kappa shape index (κ2) is 9.72. The minimum atomic E-state index is -0.724. The third-order valence-corrected chi connectivity index (χ3v) is 6.65. The van der Waals surface area contributed by atoms with Crippen molar-refractivity contribution in [3.05, 3.63) is 57.5 Å². The van der Waals surface area contributed by atoms with E-state index in [0.717, 1.165) is 13.1 Å². The predicted molar refractivity (Wildman–Crippen MR) is 120 cm³/mol. The number of carbonyl (C=O) groups is 2. The summed E-state index contributed by atoms with van der Waals surface area (Å²) in [4.78, 5) is 30.6. The molecule has 0 spiro atoms. The molecule has 0 unspecified atom stereocenters. The number of hydrogen-bond donors (Lipinski definition) is 1. The van der Waals surface area contributed by atoms with Gasteiger partial charge in [-0.15, -0.1) is 11.3 Å². The summed E-state index contributed by atoms with van der Waals surface area (Å²) in [5.74, 6) is -0.359. The van der Waals surface area contributed by atoms with Crippen LogP contribution in [-0.4, -0.2) is 80.2 Å². The number of hydrogen-bond acceptors (Lipinski definition) is 8. The minimum absolute atomic E-state index is 0.0895. The summed E-state index contributed by atoms with van der Waals surface area (Å²) >= 11 is 1.28. The Bertz CT molecular complexity index is 1010. The molecule has 170 valence electrons. The zero-order chi connectivity index (χ0) is 22.7. The minimum Gasteiger partial charge on any atom is -0.503 e. The lowest BCUT2D eigenvalue weighted by molar-refractivity contribution is -0.129. The number of ketones is 1. The zero-order valence-corrected chi connectivity index (χ0v) is 18.9. The van der Waals surface area contributed by atoms with E-state index < -0.39 is 17.7 Å². The van der Waals surface area contributed by atoms with Gasteiger partial charge in [0.2, 0.25) is 5.78 Å². The first-order valence-corrected chi connectivity index (χ1v) is 11.3. The average Bonchev–Trinajstić information content (AvgIpc) is 3.45. The normalized spacial score (nSPS) is 19.5. The Hall–Kier alpha value is -2.88. The lowest BCUT2D eigenvalue weighted by Gasteiger charge is -2.31. The molecule has 8 nitrogen and oxygen atoms in total. The molecule has 1 aromatic carbocycles. The van der Waals surface area contributed by atoms with Crippen LogP contribution in [0.1, 0.15) is 21.3 Å². The Morgan fingerprint density at radius 2 is 1.91 bits per heavy atom. The van der Waals surface area contributed by atoms with E-state index in [1.54, 1.807) is 47.7 Å². The Labute approximate surface area is 190 Å². The molecular formula is C23H26N2O6S. The van der Waals surface area contributed by atoms with Crippen molar-refractivity contribution in [2.75, 3.05) is 53.6 Å². The fourth-order valence-electron chi connectivity index (χ4n) is 4.10. The van der Waals surface area contributed by atoms with Gasteiger partial charge in [0.15, 0.2) is 17.3 Å². The van der Waals surface area contributed by atoms with Gasteiger partial charge in [0.05, 0.1) is 43.9 Å². The van der Waals surface area contributed by atoms with Gasteiger partial charge in [-0.2, -0.15) is 0 Å². The van der Waals surface area contributed by atoms with Crippen molar-refractivity contribution < 1.29 is 28.9 Å². The first kappa shape index (κ1) is 22.3. The molecule has 1 aromatic heterocycles. The van der Waals surface area contributed by atoms with Gasteiger partial charge in [0.25, 0.3) is 5.91 Å². The summed E-state index contributed by atoms with van der Waals surface area (Å²) in [7, 11) is 3.07. The number of carbonyl (C=O) groups excluding carboxylic acids is 2. The molecule has 2 aromatic rings. The number of thiophene rings is 1. The fourth-order valence-corrected chi connectivity index (χ4v) is 4.78. The van der Waals surface area contributed by atoms with E-state index in [0.29, 0.717) is 48.2 Å². The van der Waals surface area contributed by atoms with E-state index >= 15 is 0 Å². The number of Topliss-reactive ketones (excluding diaryl/α,β-unsaturated/α-hetero) is 1. The summed E-state index contributed by atoms with van der Waals surface area (Å²) in [5, 5.41) is 12.6. The quantitative estimate of drug-likeness (QED) is 0.609. The van der Waals surface area contributed by atoms with Crippen molar-refractivity contribution in [2.45, 2.75) is 6.04 Å². The van der Waals surface area contributed by atoms with E-state index in [1.165, 1.54) is 18.4 Å². The molecule has 1 N–H and O–H groups in total. The summed E-state index contributed by atoms with van der Waals surface area (Å²) in [6, 6.07) is 8.02.